The van der Waals surface area contributed by atoms with E-state index in [2.05, 4.69) is 26.1 Å². The highest BCUT2D eigenvalue weighted by atomic mass is 35.5. The molecule has 0 aliphatic carbocycles. The Morgan fingerprint density at radius 3 is 2.74 bits per heavy atom. The molecule has 0 spiro atoms. The van der Waals surface area contributed by atoms with E-state index in [0.717, 1.165) is 28.5 Å². The highest BCUT2D eigenvalue weighted by molar-refractivity contribution is 7.92. The van der Waals surface area contributed by atoms with Gasteiger partial charge in [-0.05, 0) is 29.8 Å². The molecule has 5 rings (SSSR count). The monoisotopic (exact) mass is 491 g/mol. The van der Waals surface area contributed by atoms with E-state index in [1.807, 2.05) is 42.5 Å². The average Bonchev–Trinajstić information content (AvgIpc) is 3.22. The molecule has 0 bridgehead atoms. The molecule has 0 saturated carbocycles. The van der Waals surface area contributed by atoms with Crippen LogP contribution in [0.5, 0.6) is 5.75 Å². The maximum atomic E-state index is 11.7. The molecule has 3 heterocycles. The maximum absolute atomic E-state index is 11.7. The molecular formula is C24H18ClN5O3S. The van der Waals surface area contributed by atoms with E-state index in [4.69, 9.17) is 16.3 Å². The van der Waals surface area contributed by atoms with Crippen LogP contribution in [0.4, 0.5) is 11.4 Å². The van der Waals surface area contributed by atoms with Crippen LogP contribution in [0.2, 0.25) is 5.15 Å². The number of hydrogen-bond acceptors (Lipinski definition) is 7. The number of aromatic nitrogens is 2. The van der Waals surface area contributed by atoms with E-state index >= 15 is 0 Å². The number of sulfonamides is 1. The van der Waals surface area contributed by atoms with Gasteiger partial charge in [-0.15, -0.1) is 0 Å². The van der Waals surface area contributed by atoms with Crippen molar-refractivity contribution in [1.82, 2.24) is 9.97 Å². The van der Waals surface area contributed by atoms with E-state index in [0.29, 0.717) is 28.9 Å². The van der Waals surface area contributed by atoms with Crippen LogP contribution in [-0.4, -0.2) is 31.2 Å². The van der Waals surface area contributed by atoms with Crippen molar-refractivity contribution >= 4 is 43.9 Å². The summed E-state index contributed by atoms with van der Waals surface area (Å²) in [4.78, 5) is 8.55. The van der Waals surface area contributed by atoms with Crippen LogP contribution in [0.25, 0.3) is 22.0 Å². The molecule has 10 heteroatoms. The molecule has 1 aliphatic rings. The van der Waals surface area contributed by atoms with Crippen molar-refractivity contribution in [3.05, 3.63) is 77.2 Å². The number of rotatable bonds is 5. The Labute approximate surface area is 201 Å². The molecule has 170 valence electrons. The fourth-order valence-corrected chi connectivity index (χ4v) is 4.71. The fourth-order valence-electron chi connectivity index (χ4n) is 3.95. The first-order chi connectivity index (χ1) is 16.3. The lowest BCUT2D eigenvalue weighted by Crippen LogP contribution is -2.13. The van der Waals surface area contributed by atoms with Crippen LogP contribution in [-0.2, 0) is 10.0 Å². The molecule has 2 N–H and O–H groups in total. The zero-order valence-corrected chi connectivity index (χ0v) is 19.5. The Morgan fingerprint density at radius 2 is 1.94 bits per heavy atom. The SMILES string of the molecule is CS(=O)(=O)Nc1cc(-c2ccc3ncc(C#N)c(NC4COc5ccccc54)c3c2)cnc1Cl. The lowest BCUT2D eigenvalue weighted by atomic mass is 10.0. The molecule has 1 atom stereocenters. The van der Waals surface area contributed by atoms with Gasteiger partial charge in [0.1, 0.15) is 18.4 Å². The highest BCUT2D eigenvalue weighted by Gasteiger charge is 2.25. The topological polar surface area (TPSA) is 117 Å². The van der Waals surface area contributed by atoms with Gasteiger partial charge in [0.2, 0.25) is 10.0 Å². The van der Waals surface area contributed by atoms with Crippen LogP contribution in [0.1, 0.15) is 17.2 Å². The van der Waals surface area contributed by atoms with Crippen LogP contribution in [0.15, 0.2) is 60.9 Å². The number of fused-ring (bicyclic) bond motifs is 2. The minimum Gasteiger partial charge on any atom is -0.491 e. The van der Waals surface area contributed by atoms with Crippen molar-refractivity contribution in [3.8, 4) is 22.9 Å². The molecule has 0 saturated heterocycles. The number of anilines is 2. The van der Waals surface area contributed by atoms with E-state index in [1.165, 1.54) is 0 Å². The van der Waals surface area contributed by atoms with E-state index in [-0.39, 0.29) is 16.9 Å². The van der Waals surface area contributed by atoms with Gasteiger partial charge in [0.05, 0.1) is 34.8 Å². The summed E-state index contributed by atoms with van der Waals surface area (Å²) in [5.41, 5.74) is 4.37. The van der Waals surface area contributed by atoms with Crippen LogP contribution in [0.3, 0.4) is 0 Å². The van der Waals surface area contributed by atoms with E-state index in [9.17, 15) is 13.7 Å². The summed E-state index contributed by atoms with van der Waals surface area (Å²) in [5, 5.41) is 14.0. The number of nitrogens with one attached hydrogen (secondary N) is 2. The molecule has 1 unspecified atom stereocenters. The molecule has 0 fully saturated rings. The average molecular weight is 492 g/mol. The minimum atomic E-state index is -3.53. The molecule has 0 radical (unpaired) electrons. The number of para-hydroxylation sites is 1. The first-order valence-electron chi connectivity index (χ1n) is 10.3. The molecule has 0 amide bonds. The van der Waals surface area contributed by atoms with Crippen molar-refractivity contribution in [3.63, 3.8) is 0 Å². The summed E-state index contributed by atoms with van der Waals surface area (Å²) in [7, 11) is -3.53. The van der Waals surface area contributed by atoms with Crippen LogP contribution < -0.4 is 14.8 Å². The number of nitriles is 1. The van der Waals surface area contributed by atoms with Gasteiger partial charge in [-0.1, -0.05) is 35.9 Å². The number of nitrogens with zero attached hydrogens (tertiary/aromatic N) is 3. The molecule has 8 nitrogen and oxygen atoms in total. The van der Waals surface area contributed by atoms with Gasteiger partial charge < -0.3 is 10.1 Å². The Morgan fingerprint density at radius 1 is 1.12 bits per heavy atom. The zero-order valence-electron chi connectivity index (χ0n) is 17.9. The van der Waals surface area contributed by atoms with E-state index in [1.54, 1.807) is 18.5 Å². The molecule has 1 aliphatic heterocycles. The van der Waals surface area contributed by atoms with Crippen LogP contribution >= 0.6 is 11.6 Å². The molecule has 4 aromatic rings. The van der Waals surface area contributed by atoms with Gasteiger partial charge in [0.15, 0.2) is 5.15 Å². The van der Waals surface area contributed by atoms with Gasteiger partial charge in [0, 0.05) is 28.9 Å². The summed E-state index contributed by atoms with van der Waals surface area (Å²) in [6.45, 7) is 0.440. The predicted molar refractivity (Wildman–Crippen MR) is 131 cm³/mol. The minimum absolute atomic E-state index is 0.0469. The lowest BCUT2D eigenvalue weighted by molar-refractivity contribution is 0.340. The van der Waals surface area contributed by atoms with Gasteiger partial charge in [0.25, 0.3) is 0 Å². The summed E-state index contributed by atoms with van der Waals surface area (Å²) in [6, 6.07) is 17.1. The number of hydrogen-bond donors (Lipinski definition) is 2. The molecular weight excluding hydrogens is 474 g/mol. The third-order valence-electron chi connectivity index (χ3n) is 5.47. The Balaban J connectivity index is 1.60. The van der Waals surface area contributed by atoms with Gasteiger partial charge >= 0.3 is 0 Å². The molecule has 34 heavy (non-hydrogen) atoms. The van der Waals surface area contributed by atoms with Crippen molar-refractivity contribution in [1.29, 1.82) is 5.26 Å². The van der Waals surface area contributed by atoms with Crippen molar-refractivity contribution in [2.24, 2.45) is 0 Å². The Kier molecular flexibility index (Phi) is 5.48. The third kappa shape index (κ3) is 4.21. The normalized spacial score (nSPS) is 14.8. The Bertz CT molecular complexity index is 1580. The summed E-state index contributed by atoms with van der Waals surface area (Å²) in [6.07, 6.45) is 4.15. The quantitative estimate of drug-likeness (QED) is 0.387. The summed E-state index contributed by atoms with van der Waals surface area (Å²) < 4.78 is 31.5. The lowest BCUT2D eigenvalue weighted by Gasteiger charge is -2.17. The van der Waals surface area contributed by atoms with Crippen LogP contribution in [0, 0.1) is 11.3 Å². The smallest absolute Gasteiger partial charge is 0.229 e. The number of halogens is 1. The second-order valence-electron chi connectivity index (χ2n) is 7.87. The number of pyridine rings is 2. The second-order valence-corrected chi connectivity index (χ2v) is 9.98. The largest absolute Gasteiger partial charge is 0.491 e. The number of ether oxygens (including phenoxy) is 1. The summed E-state index contributed by atoms with van der Waals surface area (Å²) in [5.74, 6) is 0.815. The van der Waals surface area contributed by atoms with Gasteiger partial charge in [-0.3, -0.25) is 9.71 Å². The van der Waals surface area contributed by atoms with Gasteiger partial charge in [-0.2, -0.15) is 5.26 Å². The second kappa shape index (κ2) is 8.48. The first-order valence-corrected chi connectivity index (χ1v) is 12.5. The first kappa shape index (κ1) is 21.9. The van der Waals surface area contributed by atoms with E-state index < -0.39 is 10.0 Å². The maximum Gasteiger partial charge on any atom is 0.229 e. The number of benzene rings is 2. The molecule has 2 aromatic heterocycles. The van der Waals surface area contributed by atoms with Gasteiger partial charge in [-0.25, -0.2) is 13.4 Å². The molecule has 2 aromatic carbocycles. The van der Waals surface area contributed by atoms with Crippen molar-refractivity contribution in [2.45, 2.75) is 6.04 Å². The summed E-state index contributed by atoms with van der Waals surface area (Å²) >= 11 is 6.08. The third-order valence-corrected chi connectivity index (χ3v) is 6.37. The standard InChI is InChI=1S/C24H18ClN5O3S/c1-34(31,32)30-20-9-15(11-28-24(20)25)14-6-7-19-18(8-14)23(16(10-26)12-27-19)29-21-13-33-22-5-3-2-4-17(21)22/h2-9,11-12,21,30H,13H2,1H3,(H,27,29). The zero-order chi connectivity index (χ0) is 23.9. The Hall–Kier alpha value is -3.87. The predicted octanol–water partition coefficient (Wildman–Crippen LogP) is 4.74. The highest BCUT2D eigenvalue weighted by Crippen LogP contribution is 2.38. The van der Waals surface area contributed by atoms with Crippen molar-refractivity contribution < 1.29 is 13.2 Å². The fraction of sp³-hybridized carbons (Fsp3) is 0.125. The van der Waals surface area contributed by atoms with Crippen molar-refractivity contribution in [2.75, 3.05) is 22.9 Å².